The van der Waals surface area contributed by atoms with E-state index in [4.69, 9.17) is 10.5 Å². The second-order valence-corrected chi connectivity index (χ2v) is 4.44. The van der Waals surface area contributed by atoms with Gasteiger partial charge >= 0.3 is 0 Å². The van der Waals surface area contributed by atoms with E-state index in [1.165, 1.54) is 5.56 Å². The van der Waals surface area contributed by atoms with E-state index in [-0.39, 0.29) is 0 Å². The standard InChI is InChI=1S/C11H17NOS/c1-3-14-11(8-12)9-5-4-6-10(7-9)13-2/h4-7,11H,3,8,12H2,1-2H3. The van der Waals surface area contributed by atoms with Crippen molar-refractivity contribution in [3.63, 3.8) is 0 Å². The molecular formula is C11H17NOS. The lowest BCUT2D eigenvalue weighted by Gasteiger charge is -2.14. The Morgan fingerprint density at radius 3 is 2.86 bits per heavy atom. The molecule has 0 spiro atoms. The Labute approximate surface area is 89.8 Å². The molecule has 0 aliphatic rings. The van der Waals surface area contributed by atoms with Crippen molar-refractivity contribution in [2.24, 2.45) is 5.73 Å². The molecular weight excluding hydrogens is 194 g/mol. The lowest BCUT2D eigenvalue weighted by atomic mass is 10.1. The highest BCUT2D eigenvalue weighted by Crippen LogP contribution is 2.29. The van der Waals surface area contributed by atoms with E-state index in [1.54, 1.807) is 7.11 Å². The predicted molar refractivity (Wildman–Crippen MR) is 62.9 cm³/mol. The second kappa shape index (κ2) is 5.94. The van der Waals surface area contributed by atoms with Crippen LogP contribution in [0.2, 0.25) is 0 Å². The number of methoxy groups -OCH3 is 1. The Bertz CT molecular complexity index is 278. The quantitative estimate of drug-likeness (QED) is 0.812. The summed E-state index contributed by atoms with van der Waals surface area (Å²) in [5.74, 6) is 1.98. The van der Waals surface area contributed by atoms with Crippen LogP contribution in [0.5, 0.6) is 5.75 Å². The first-order valence-electron chi connectivity index (χ1n) is 4.77. The van der Waals surface area contributed by atoms with Gasteiger partial charge in [-0.3, -0.25) is 0 Å². The average molecular weight is 211 g/mol. The zero-order chi connectivity index (χ0) is 10.4. The fourth-order valence-electron chi connectivity index (χ4n) is 1.34. The van der Waals surface area contributed by atoms with Gasteiger partial charge in [-0.15, -0.1) is 0 Å². The van der Waals surface area contributed by atoms with Crippen LogP contribution in [0.4, 0.5) is 0 Å². The molecule has 1 aromatic rings. The van der Waals surface area contributed by atoms with Gasteiger partial charge in [0, 0.05) is 11.8 Å². The molecule has 0 aliphatic carbocycles. The third kappa shape index (κ3) is 2.93. The van der Waals surface area contributed by atoms with Crippen molar-refractivity contribution in [3.05, 3.63) is 29.8 Å². The largest absolute Gasteiger partial charge is 0.497 e. The van der Waals surface area contributed by atoms with E-state index in [1.807, 2.05) is 23.9 Å². The van der Waals surface area contributed by atoms with E-state index >= 15 is 0 Å². The fourth-order valence-corrected chi connectivity index (χ4v) is 2.22. The minimum atomic E-state index is 0.384. The summed E-state index contributed by atoms with van der Waals surface area (Å²) < 4.78 is 5.18. The minimum absolute atomic E-state index is 0.384. The van der Waals surface area contributed by atoms with Gasteiger partial charge in [-0.2, -0.15) is 11.8 Å². The number of hydrogen-bond acceptors (Lipinski definition) is 3. The van der Waals surface area contributed by atoms with Crippen LogP contribution in [-0.4, -0.2) is 19.4 Å². The van der Waals surface area contributed by atoms with E-state index in [2.05, 4.69) is 19.1 Å². The van der Waals surface area contributed by atoms with Crippen LogP contribution in [-0.2, 0) is 0 Å². The number of thioether (sulfide) groups is 1. The van der Waals surface area contributed by atoms with Gasteiger partial charge in [-0.05, 0) is 23.4 Å². The summed E-state index contributed by atoms with van der Waals surface area (Å²) in [4.78, 5) is 0. The number of hydrogen-bond donors (Lipinski definition) is 1. The number of rotatable bonds is 5. The zero-order valence-corrected chi connectivity index (χ0v) is 9.51. The van der Waals surface area contributed by atoms with Gasteiger partial charge in [0.25, 0.3) is 0 Å². The van der Waals surface area contributed by atoms with Crippen LogP contribution in [0.1, 0.15) is 17.7 Å². The SMILES string of the molecule is CCSC(CN)c1cccc(OC)c1. The third-order valence-corrected chi connectivity index (χ3v) is 3.25. The van der Waals surface area contributed by atoms with E-state index < -0.39 is 0 Å². The Morgan fingerprint density at radius 1 is 1.50 bits per heavy atom. The monoisotopic (exact) mass is 211 g/mol. The zero-order valence-electron chi connectivity index (χ0n) is 8.69. The van der Waals surface area contributed by atoms with Gasteiger partial charge < -0.3 is 10.5 Å². The topological polar surface area (TPSA) is 35.2 Å². The smallest absolute Gasteiger partial charge is 0.119 e. The van der Waals surface area contributed by atoms with E-state index in [0.717, 1.165) is 11.5 Å². The average Bonchev–Trinajstić information content (AvgIpc) is 2.26. The molecule has 1 unspecified atom stereocenters. The highest BCUT2D eigenvalue weighted by atomic mass is 32.2. The van der Waals surface area contributed by atoms with Crippen molar-refractivity contribution in [1.82, 2.24) is 0 Å². The summed E-state index contributed by atoms with van der Waals surface area (Å²) in [5, 5.41) is 0.384. The molecule has 3 heteroatoms. The van der Waals surface area contributed by atoms with Gasteiger partial charge in [0.05, 0.1) is 7.11 Å². The highest BCUT2D eigenvalue weighted by molar-refractivity contribution is 7.99. The molecule has 78 valence electrons. The van der Waals surface area contributed by atoms with Crippen LogP contribution in [0.15, 0.2) is 24.3 Å². The first-order chi connectivity index (χ1) is 6.81. The van der Waals surface area contributed by atoms with Crippen LogP contribution in [0.3, 0.4) is 0 Å². The van der Waals surface area contributed by atoms with Crippen molar-refractivity contribution >= 4 is 11.8 Å². The molecule has 0 saturated carbocycles. The molecule has 0 radical (unpaired) electrons. The summed E-state index contributed by atoms with van der Waals surface area (Å²) >= 11 is 1.87. The molecule has 2 N–H and O–H groups in total. The Hall–Kier alpha value is -0.670. The van der Waals surface area contributed by atoms with Crippen molar-refractivity contribution < 1.29 is 4.74 Å². The maximum absolute atomic E-state index is 5.72. The number of ether oxygens (including phenoxy) is 1. The highest BCUT2D eigenvalue weighted by Gasteiger charge is 2.09. The van der Waals surface area contributed by atoms with Crippen LogP contribution < -0.4 is 10.5 Å². The van der Waals surface area contributed by atoms with Crippen LogP contribution in [0, 0.1) is 0 Å². The normalized spacial score (nSPS) is 12.5. The van der Waals surface area contributed by atoms with Crippen molar-refractivity contribution in [1.29, 1.82) is 0 Å². The first kappa shape index (κ1) is 11.4. The Balaban J connectivity index is 2.80. The van der Waals surface area contributed by atoms with Crippen molar-refractivity contribution in [2.75, 3.05) is 19.4 Å². The van der Waals surface area contributed by atoms with Crippen molar-refractivity contribution in [2.45, 2.75) is 12.2 Å². The summed E-state index contributed by atoms with van der Waals surface area (Å²) in [6.07, 6.45) is 0. The predicted octanol–water partition coefficient (Wildman–Crippen LogP) is 2.45. The number of nitrogens with two attached hydrogens (primary N) is 1. The summed E-state index contributed by atoms with van der Waals surface area (Å²) in [5.41, 5.74) is 6.97. The molecule has 0 aliphatic heterocycles. The Morgan fingerprint density at radius 2 is 2.29 bits per heavy atom. The summed E-state index contributed by atoms with van der Waals surface area (Å²) in [7, 11) is 1.68. The van der Waals surface area contributed by atoms with Gasteiger partial charge in [0.15, 0.2) is 0 Å². The van der Waals surface area contributed by atoms with Gasteiger partial charge in [0.2, 0.25) is 0 Å². The lowest BCUT2D eigenvalue weighted by Crippen LogP contribution is -2.09. The van der Waals surface area contributed by atoms with E-state index in [9.17, 15) is 0 Å². The van der Waals surface area contributed by atoms with Gasteiger partial charge in [0.1, 0.15) is 5.75 Å². The lowest BCUT2D eigenvalue weighted by molar-refractivity contribution is 0.414. The van der Waals surface area contributed by atoms with Gasteiger partial charge in [-0.25, -0.2) is 0 Å². The van der Waals surface area contributed by atoms with E-state index in [0.29, 0.717) is 11.8 Å². The maximum atomic E-state index is 5.72. The molecule has 0 fully saturated rings. The molecule has 1 atom stereocenters. The Kier molecular flexibility index (Phi) is 4.84. The molecule has 2 nitrogen and oxygen atoms in total. The molecule has 0 bridgehead atoms. The van der Waals surface area contributed by atoms with Crippen LogP contribution in [0.25, 0.3) is 0 Å². The van der Waals surface area contributed by atoms with Gasteiger partial charge in [-0.1, -0.05) is 19.1 Å². The second-order valence-electron chi connectivity index (χ2n) is 2.96. The molecule has 1 rings (SSSR count). The molecule has 0 amide bonds. The molecule has 14 heavy (non-hydrogen) atoms. The minimum Gasteiger partial charge on any atom is -0.497 e. The summed E-state index contributed by atoms with van der Waals surface area (Å²) in [6, 6.07) is 8.11. The third-order valence-electron chi connectivity index (χ3n) is 2.05. The van der Waals surface area contributed by atoms with Crippen LogP contribution >= 0.6 is 11.8 Å². The molecule has 1 aromatic carbocycles. The first-order valence-corrected chi connectivity index (χ1v) is 5.82. The fraction of sp³-hybridized carbons (Fsp3) is 0.455. The molecule has 0 heterocycles. The number of benzene rings is 1. The molecule has 0 aromatic heterocycles. The summed E-state index contributed by atoms with van der Waals surface area (Å²) in [6.45, 7) is 2.82. The maximum Gasteiger partial charge on any atom is 0.119 e. The van der Waals surface area contributed by atoms with Crippen molar-refractivity contribution in [3.8, 4) is 5.75 Å². The molecule has 0 saturated heterocycles.